The summed E-state index contributed by atoms with van der Waals surface area (Å²) in [6.07, 6.45) is -0.486. The largest absolute Gasteiger partial charge is 0.396 e. The molecule has 0 heterocycles. The van der Waals surface area contributed by atoms with Crippen LogP contribution in [0.1, 0.15) is 0 Å². The van der Waals surface area contributed by atoms with Crippen LogP contribution in [-0.4, -0.2) is 29.1 Å². The molecule has 0 saturated carbocycles. The predicted molar refractivity (Wildman–Crippen MR) is 31.6 cm³/mol. The van der Waals surface area contributed by atoms with E-state index in [2.05, 4.69) is 0 Å². The van der Waals surface area contributed by atoms with Gasteiger partial charge in [-0.15, -0.1) is 0 Å². The molecule has 0 aromatic carbocycles. The van der Waals surface area contributed by atoms with Gasteiger partial charge in [0.05, 0.1) is 0 Å². The normalized spacial score (nSPS) is 12.0. The molecule has 0 aromatic heterocycles. The highest BCUT2D eigenvalue weighted by Crippen LogP contribution is 2.02. The van der Waals surface area contributed by atoms with Gasteiger partial charge in [-0.05, 0) is 6.55 Å². The first-order valence-corrected chi connectivity index (χ1v) is 4.87. The van der Waals surface area contributed by atoms with Gasteiger partial charge in [0.25, 0.3) is 0 Å². The Kier molecular flexibility index (Phi) is 3.19. The number of halogens is 1. The minimum absolute atomic E-state index is 0.486. The Labute approximate surface area is 49.9 Å². The van der Waals surface area contributed by atoms with Gasteiger partial charge >= 0.3 is 8.56 Å². The second-order valence-electron chi connectivity index (χ2n) is 1.68. The molecule has 0 fully saturated rings. The molecule has 0 rings (SSSR count). The molecule has 0 N–H and O–H groups in total. The molecule has 0 aliphatic rings. The fraction of sp³-hybridized carbons (Fsp3) is 1.00. The van der Waals surface area contributed by atoms with Gasteiger partial charge in [0.2, 0.25) is 0 Å². The van der Waals surface area contributed by atoms with E-state index in [0.717, 1.165) is 0 Å². The lowest BCUT2D eigenvalue weighted by Crippen LogP contribution is -2.39. The van der Waals surface area contributed by atoms with Crippen molar-refractivity contribution in [1.82, 2.24) is 0 Å². The SMILES string of the molecule is CO[Si](C)(CF)OC. The third-order valence-electron chi connectivity index (χ3n) is 1.11. The summed E-state index contributed by atoms with van der Waals surface area (Å²) in [5, 5.41) is 0. The van der Waals surface area contributed by atoms with E-state index >= 15 is 0 Å². The smallest absolute Gasteiger partial charge is 0.366 e. The molecule has 0 amide bonds. The lowest BCUT2D eigenvalue weighted by Gasteiger charge is -2.17. The first kappa shape index (κ1) is 8.07. The van der Waals surface area contributed by atoms with Crippen LogP contribution >= 0.6 is 0 Å². The molecule has 0 aliphatic carbocycles. The van der Waals surface area contributed by atoms with Gasteiger partial charge in [-0.25, -0.2) is 4.39 Å². The van der Waals surface area contributed by atoms with E-state index in [1.54, 1.807) is 6.55 Å². The van der Waals surface area contributed by atoms with Crippen molar-refractivity contribution in [3.05, 3.63) is 0 Å². The first-order chi connectivity index (χ1) is 3.68. The van der Waals surface area contributed by atoms with Gasteiger partial charge in [0.1, 0.15) is 6.30 Å². The average Bonchev–Trinajstić information content (AvgIpc) is 1.87. The van der Waals surface area contributed by atoms with Gasteiger partial charge in [0, 0.05) is 14.2 Å². The molecule has 50 valence electrons. The lowest BCUT2D eigenvalue weighted by atomic mass is 11.7. The maximum Gasteiger partial charge on any atom is 0.366 e. The third-order valence-corrected chi connectivity index (χ3v) is 3.32. The van der Waals surface area contributed by atoms with Crippen molar-refractivity contribution in [2.75, 3.05) is 20.5 Å². The molecule has 2 nitrogen and oxygen atoms in total. The van der Waals surface area contributed by atoms with E-state index < -0.39 is 14.9 Å². The van der Waals surface area contributed by atoms with Crippen molar-refractivity contribution in [1.29, 1.82) is 0 Å². The molecule has 0 saturated heterocycles. The van der Waals surface area contributed by atoms with E-state index in [9.17, 15) is 4.39 Å². The van der Waals surface area contributed by atoms with E-state index in [1.807, 2.05) is 0 Å². The van der Waals surface area contributed by atoms with Crippen molar-refractivity contribution < 1.29 is 13.2 Å². The summed E-state index contributed by atoms with van der Waals surface area (Å²) in [6, 6.07) is 0. The van der Waals surface area contributed by atoms with Crippen molar-refractivity contribution >= 4 is 8.56 Å². The van der Waals surface area contributed by atoms with Crippen LogP contribution in [0.15, 0.2) is 0 Å². The fourth-order valence-electron chi connectivity index (χ4n) is 0.192. The van der Waals surface area contributed by atoms with Crippen molar-refractivity contribution in [2.45, 2.75) is 6.55 Å². The van der Waals surface area contributed by atoms with E-state index in [4.69, 9.17) is 8.85 Å². The summed E-state index contributed by atoms with van der Waals surface area (Å²) in [6.45, 7) is 1.67. The fourth-order valence-corrected chi connectivity index (χ4v) is 0.577. The molecule has 0 aliphatic heterocycles. The quantitative estimate of drug-likeness (QED) is 0.538. The number of hydrogen-bond donors (Lipinski definition) is 0. The molecule has 0 spiro atoms. The summed E-state index contributed by atoms with van der Waals surface area (Å²) in [7, 11) is 0.597. The van der Waals surface area contributed by atoms with Crippen LogP contribution < -0.4 is 0 Å². The summed E-state index contributed by atoms with van der Waals surface area (Å²) in [5.74, 6) is 0. The van der Waals surface area contributed by atoms with Crippen LogP contribution in [0.5, 0.6) is 0 Å². The Hall–Kier alpha value is 0.0669. The maximum absolute atomic E-state index is 11.9. The van der Waals surface area contributed by atoms with Gasteiger partial charge in [0.15, 0.2) is 0 Å². The zero-order chi connectivity index (χ0) is 6.62. The Morgan fingerprint density at radius 3 is 1.75 bits per heavy atom. The molecule has 0 bridgehead atoms. The average molecular weight is 138 g/mol. The standard InChI is InChI=1S/C4H11FO2Si/c1-6-8(3,4-5)7-2/h4H2,1-3H3. The van der Waals surface area contributed by atoms with Crippen molar-refractivity contribution in [3.8, 4) is 0 Å². The zero-order valence-electron chi connectivity index (χ0n) is 5.40. The Bertz CT molecular complexity index is 56.8. The summed E-state index contributed by atoms with van der Waals surface area (Å²) in [4.78, 5) is 0. The number of hydrogen-bond acceptors (Lipinski definition) is 2. The van der Waals surface area contributed by atoms with Crippen LogP contribution in [0.3, 0.4) is 0 Å². The summed E-state index contributed by atoms with van der Waals surface area (Å²) in [5.41, 5.74) is 0. The molecular formula is C4H11FO2Si. The highest BCUT2D eigenvalue weighted by molar-refractivity contribution is 6.65. The van der Waals surface area contributed by atoms with Gasteiger partial charge in [-0.3, -0.25) is 0 Å². The van der Waals surface area contributed by atoms with Crippen LogP contribution in [0.4, 0.5) is 4.39 Å². The van der Waals surface area contributed by atoms with E-state index in [-0.39, 0.29) is 0 Å². The Morgan fingerprint density at radius 1 is 1.38 bits per heavy atom. The second-order valence-corrected chi connectivity index (χ2v) is 5.03. The minimum Gasteiger partial charge on any atom is -0.396 e. The highest BCUT2D eigenvalue weighted by atomic mass is 28.4. The van der Waals surface area contributed by atoms with Crippen LogP contribution in [0.25, 0.3) is 0 Å². The maximum atomic E-state index is 11.9. The number of rotatable bonds is 3. The van der Waals surface area contributed by atoms with E-state index in [1.165, 1.54) is 14.2 Å². The Balaban J connectivity index is 3.58. The van der Waals surface area contributed by atoms with Gasteiger partial charge < -0.3 is 8.85 Å². The lowest BCUT2D eigenvalue weighted by molar-refractivity contribution is 0.233. The molecule has 4 heteroatoms. The first-order valence-electron chi connectivity index (χ1n) is 2.35. The molecule has 0 atom stereocenters. The Morgan fingerprint density at radius 2 is 1.75 bits per heavy atom. The molecule has 8 heavy (non-hydrogen) atoms. The van der Waals surface area contributed by atoms with Crippen LogP contribution in [-0.2, 0) is 8.85 Å². The molecule has 0 aromatic rings. The molecule has 0 radical (unpaired) electrons. The summed E-state index contributed by atoms with van der Waals surface area (Å²) >= 11 is 0. The summed E-state index contributed by atoms with van der Waals surface area (Å²) < 4.78 is 21.4. The number of alkyl halides is 1. The predicted octanol–water partition coefficient (Wildman–Crippen LogP) is 0.860. The highest BCUT2D eigenvalue weighted by Gasteiger charge is 2.28. The zero-order valence-corrected chi connectivity index (χ0v) is 6.40. The monoisotopic (exact) mass is 138 g/mol. The van der Waals surface area contributed by atoms with Crippen molar-refractivity contribution in [2.24, 2.45) is 0 Å². The van der Waals surface area contributed by atoms with Crippen LogP contribution in [0.2, 0.25) is 6.55 Å². The third kappa shape index (κ3) is 1.89. The molecule has 0 unspecified atom stereocenters. The minimum atomic E-state index is -2.34. The van der Waals surface area contributed by atoms with Crippen LogP contribution in [0, 0.1) is 0 Å². The van der Waals surface area contributed by atoms with Gasteiger partial charge in [-0.2, -0.15) is 0 Å². The van der Waals surface area contributed by atoms with E-state index in [0.29, 0.717) is 0 Å². The topological polar surface area (TPSA) is 18.5 Å². The van der Waals surface area contributed by atoms with Crippen molar-refractivity contribution in [3.63, 3.8) is 0 Å². The molecular weight excluding hydrogens is 127 g/mol. The second kappa shape index (κ2) is 3.16. The van der Waals surface area contributed by atoms with Gasteiger partial charge in [-0.1, -0.05) is 0 Å².